The Labute approximate surface area is 139 Å². The predicted molar refractivity (Wildman–Crippen MR) is 91.3 cm³/mol. The van der Waals surface area contributed by atoms with Gasteiger partial charge in [0.05, 0.1) is 25.7 Å². The molecule has 1 aromatic rings. The molecule has 130 valence electrons. The Balaban J connectivity index is 2.68. The zero-order chi connectivity index (χ0) is 17.5. The second kappa shape index (κ2) is 8.77. The molecule has 0 unspecified atom stereocenters. The van der Waals surface area contributed by atoms with Gasteiger partial charge in [-0.2, -0.15) is 0 Å². The molecular weight excluding hydrogens is 294 g/mol. The molecule has 0 bridgehead atoms. The molecule has 0 spiro atoms. The monoisotopic (exact) mass is 323 g/mol. The Bertz CT molecular complexity index is 512. The average Bonchev–Trinajstić information content (AvgIpc) is 2.53. The van der Waals surface area contributed by atoms with Gasteiger partial charge in [-0.15, -0.1) is 0 Å². The van der Waals surface area contributed by atoms with E-state index in [-0.39, 0.29) is 12.0 Å². The van der Waals surface area contributed by atoms with E-state index in [1.54, 1.807) is 14.2 Å². The molecule has 0 atom stereocenters. The van der Waals surface area contributed by atoms with E-state index < -0.39 is 5.41 Å². The molecule has 0 saturated carbocycles. The smallest absolute Gasteiger partial charge is 0.230 e. The van der Waals surface area contributed by atoms with Crippen LogP contribution in [0.3, 0.4) is 0 Å². The van der Waals surface area contributed by atoms with Crippen LogP contribution >= 0.6 is 0 Å². The number of carbonyl (C=O) groups is 1. The highest BCUT2D eigenvalue weighted by Gasteiger charge is 2.30. The Kier molecular flexibility index (Phi) is 7.36. The molecule has 5 heteroatoms. The lowest BCUT2D eigenvalue weighted by atomic mass is 9.83. The first-order valence-corrected chi connectivity index (χ1v) is 7.95. The van der Waals surface area contributed by atoms with E-state index in [1.807, 2.05) is 45.9 Å². The number of hydrogen-bond donors (Lipinski definition) is 1. The first-order chi connectivity index (χ1) is 10.8. The van der Waals surface area contributed by atoms with E-state index in [0.29, 0.717) is 24.7 Å². The van der Waals surface area contributed by atoms with Crippen molar-refractivity contribution in [1.29, 1.82) is 0 Å². The fourth-order valence-electron chi connectivity index (χ4n) is 2.17. The first-order valence-electron chi connectivity index (χ1n) is 7.95. The second-order valence-corrected chi connectivity index (χ2v) is 6.22. The number of ether oxygens (including phenoxy) is 3. The summed E-state index contributed by atoms with van der Waals surface area (Å²) in [6.07, 6.45) is 1.01. The number of methoxy groups -OCH3 is 2. The van der Waals surface area contributed by atoms with Crippen LogP contribution in [0, 0.1) is 0 Å². The Morgan fingerprint density at radius 1 is 1.17 bits per heavy atom. The summed E-state index contributed by atoms with van der Waals surface area (Å²) < 4.78 is 16.0. The minimum atomic E-state index is -0.654. The largest absolute Gasteiger partial charge is 0.493 e. The normalized spacial score (nSPS) is 11.4. The van der Waals surface area contributed by atoms with Gasteiger partial charge in [0.1, 0.15) is 0 Å². The van der Waals surface area contributed by atoms with Gasteiger partial charge in [-0.1, -0.05) is 6.07 Å². The van der Waals surface area contributed by atoms with E-state index in [0.717, 1.165) is 12.0 Å². The van der Waals surface area contributed by atoms with Gasteiger partial charge < -0.3 is 19.5 Å². The molecule has 0 aliphatic heterocycles. The van der Waals surface area contributed by atoms with E-state index in [1.165, 1.54) is 0 Å². The third-order valence-electron chi connectivity index (χ3n) is 3.73. The summed E-state index contributed by atoms with van der Waals surface area (Å²) in [5, 5.41) is 2.97. The quantitative estimate of drug-likeness (QED) is 0.710. The summed E-state index contributed by atoms with van der Waals surface area (Å²) in [7, 11) is 3.18. The Morgan fingerprint density at radius 3 is 2.39 bits per heavy atom. The fourth-order valence-corrected chi connectivity index (χ4v) is 2.17. The molecule has 1 amide bonds. The highest BCUT2D eigenvalue weighted by Crippen LogP contribution is 2.33. The fraction of sp³-hybridized carbons (Fsp3) is 0.611. The SMILES string of the molecule is COc1ccc(C(C)(C)C(=O)NCCCOC(C)C)cc1OC. The van der Waals surface area contributed by atoms with Crippen LogP contribution in [0.4, 0.5) is 0 Å². The van der Waals surface area contributed by atoms with E-state index in [2.05, 4.69) is 5.32 Å². The summed E-state index contributed by atoms with van der Waals surface area (Å²) in [5.74, 6) is 1.25. The Hall–Kier alpha value is -1.75. The maximum Gasteiger partial charge on any atom is 0.230 e. The molecule has 23 heavy (non-hydrogen) atoms. The molecule has 1 aromatic carbocycles. The lowest BCUT2D eigenvalue weighted by molar-refractivity contribution is -0.125. The molecule has 0 aliphatic rings. The molecule has 5 nitrogen and oxygen atoms in total. The van der Waals surface area contributed by atoms with Gasteiger partial charge in [0.2, 0.25) is 5.91 Å². The lowest BCUT2D eigenvalue weighted by Crippen LogP contribution is -2.40. The van der Waals surface area contributed by atoms with Crippen molar-refractivity contribution in [2.45, 2.75) is 45.6 Å². The van der Waals surface area contributed by atoms with Gasteiger partial charge in [-0.05, 0) is 51.8 Å². The zero-order valence-electron chi connectivity index (χ0n) is 15.1. The van der Waals surface area contributed by atoms with Gasteiger partial charge >= 0.3 is 0 Å². The van der Waals surface area contributed by atoms with Crippen molar-refractivity contribution in [3.8, 4) is 11.5 Å². The summed E-state index contributed by atoms with van der Waals surface area (Å²) in [4.78, 5) is 12.5. The van der Waals surface area contributed by atoms with Crippen molar-refractivity contribution >= 4 is 5.91 Å². The summed E-state index contributed by atoms with van der Waals surface area (Å²) in [6.45, 7) is 9.04. The summed E-state index contributed by atoms with van der Waals surface area (Å²) >= 11 is 0. The van der Waals surface area contributed by atoms with Gasteiger partial charge in [0, 0.05) is 13.2 Å². The van der Waals surface area contributed by atoms with Crippen LogP contribution in [0.1, 0.15) is 39.7 Å². The summed E-state index contributed by atoms with van der Waals surface area (Å²) in [5.41, 5.74) is 0.226. The first kappa shape index (κ1) is 19.3. The minimum Gasteiger partial charge on any atom is -0.493 e. The van der Waals surface area contributed by atoms with Crippen LogP contribution in [-0.2, 0) is 14.9 Å². The lowest BCUT2D eigenvalue weighted by Gasteiger charge is -2.25. The van der Waals surface area contributed by atoms with Crippen LogP contribution in [-0.4, -0.2) is 39.4 Å². The van der Waals surface area contributed by atoms with Crippen molar-refractivity contribution in [2.75, 3.05) is 27.4 Å². The average molecular weight is 323 g/mol. The maximum atomic E-state index is 12.5. The third-order valence-corrected chi connectivity index (χ3v) is 3.73. The van der Waals surface area contributed by atoms with Gasteiger partial charge in [-0.25, -0.2) is 0 Å². The van der Waals surface area contributed by atoms with E-state index >= 15 is 0 Å². The molecule has 0 aromatic heterocycles. The summed E-state index contributed by atoms with van der Waals surface area (Å²) in [6, 6.07) is 5.56. The number of carbonyl (C=O) groups excluding carboxylic acids is 1. The van der Waals surface area contributed by atoms with Crippen molar-refractivity contribution in [3.05, 3.63) is 23.8 Å². The van der Waals surface area contributed by atoms with Gasteiger partial charge in [0.25, 0.3) is 0 Å². The predicted octanol–water partition coefficient (Wildman–Crippen LogP) is 2.91. The third kappa shape index (κ3) is 5.43. The highest BCUT2D eigenvalue weighted by atomic mass is 16.5. The zero-order valence-corrected chi connectivity index (χ0v) is 15.1. The number of hydrogen-bond acceptors (Lipinski definition) is 4. The molecule has 1 N–H and O–H groups in total. The molecule has 0 fully saturated rings. The maximum absolute atomic E-state index is 12.5. The molecular formula is C18H29NO4. The highest BCUT2D eigenvalue weighted by molar-refractivity contribution is 5.87. The van der Waals surface area contributed by atoms with Crippen LogP contribution in [0.5, 0.6) is 11.5 Å². The standard InChI is InChI=1S/C18H29NO4/c1-13(2)23-11-7-10-19-17(20)18(3,4)14-8-9-15(21-5)16(12-14)22-6/h8-9,12-13H,7,10-11H2,1-6H3,(H,19,20). The topological polar surface area (TPSA) is 56.8 Å². The van der Waals surface area contributed by atoms with Gasteiger partial charge in [0.15, 0.2) is 11.5 Å². The molecule has 0 saturated heterocycles. The second-order valence-electron chi connectivity index (χ2n) is 6.22. The molecule has 0 radical (unpaired) electrons. The van der Waals surface area contributed by atoms with Crippen molar-refractivity contribution < 1.29 is 19.0 Å². The number of benzene rings is 1. The molecule has 0 aliphatic carbocycles. The molecule has 0 heterocycles. The van der Waals surface area contributed by atoms with Crippen molar-refractivity contribution in [3.63, 3.8) is 0 Å². The van der Waals surface area contributed by atoms with E-state index in [9.17, 15) is 4.79 Å². The molecule has 1 rings (SSSR count). The minimum absolute atomic E-state index is 0.0192. The van der Waals surface area contributed by atoms with E-state index in [4.69, 9.17) is 14.2 Å². The van der Waals surface area contributed by atoms with Crippen LogP contribution in [0.2, 0.25) is 0 Å². The Morgan fingerprint density at radius 2 is 1.83 bits per heavy atom. The van der Waals surface area contributed by atoms with Crippen LogP contribution < -0.4 is 14.8 Å². The number of rotatable bonds is 9. The van der Waals surface area contributed by atoms with Crippen molar-refractivity contribution in [2.24, 2.45) is 0 Å². The van der Waals surface area contributed by atoms with Crippen LogP contribution in [0.25, 0.3) is 0 Å². The van der Waals surface area contributed by atoms with Crippen LogP contribution in [0.15, 0.2) is 18.2 Å². The number of nitrogens with one attached hydrogen (secondary N) is 1. The number of amides is 1. The van der Waals surface area contributed by atoms with Gasteiger partial charge in [-0.3, -0.25) is 4.79 Å². The van der Waals surface area contributed by atoms with Crippen molar-refractivity contribution in [1.82, 2.24) is 5.32 Å².